The average Bonchev–Trinajstić information content (AvgIpc) is 2.76. The van der Waals surface area contributed by atoms with Crippen molar-refractivity contribution >= 4 is 34.3 Å². The number of thioether (sulfide) groups is 1. The van der Waals surface area contributed by atoms with Gasteiger partial charge in [0.05, 0.1) is 16.2 Å². The van der Waals surface area contributed by atoms with E-state index >= 15 is 0 Å². The minimum absolute atomic E-state index is 0.122. The lowest BCUT2D eigenvalue weighted by Gasteiger charge is -2.18. The van der Waals surface area contributed by atoms with Gasteiger partial charge in [-0.15, -0.1) is 6.58 Å². The van der Waals surface area contributed by atoms with Gasteiger partial charge in [0.15, 0.2) is 5.16 Å². The van der Waals surface area contributed by atoms with Crippen LogP contribution in [-0.2, 0) is 11.3 Å². The number of fused-ring (bicyclic) bond motifs is 1. The van der Waals surface area contributed by atoms with E-state index in [1.54, 1.807) is 16.7 Å². The molecule has 2 aromatic carbocycles. The van der Waals surface area contributed by atoms with Gasteiger partial charge in [0.2, 0.25) is 5.91 Å². The molecule has 1 heterocycles. The van der Waals surface area contributed by atoms with Gasteiger partial charge in [0.1, 0.15) is 0 Å². The number of allylic oxidation sites excluding steroid dienone is 1. The number of hydrogen-bond acceptors (Lipinski definition) is 4. The summed E-state index contributed by atoms with van der Waals surface area (Å²) in [4.78, 5) is 30.5. The van der Waals surface area contributed by atoms with E-state index in [1.165, 1.54) is 11.8 Å². The highest BCUT2D eigenvalue weighted by Crippen LogP contribution is 2.28. The molecule has 1 amide bonds. The molecule has 2 atom stereocenters. The maximum absolute atomic E-state index is 12.9. The molecule has 0 fully saturated rings. The van der Waals surface area contributed by atoms with Crippen molar-refractivity contribution in [3.63, 3.8) is 0 Å². The summed E-state index contributed by atoms with van der Waals surface area (Å²) in [6.45, 7) is 10.2. The van der Waals surface area contributed by atoms with Crippen LogP contribution in [0.4, 0.5) is 5.69 Å². The Kier molecular flexibility index (Phi) is 7.11. The molecule has 0 aliphatic heterocycles. The number of para-hydroxylation sites is 2. The predicted octanol–water partition coefficient (Wildman–Crippen LogP) is 5.22. The number of nitrogens with zero attached hydrogens (tertiary/aromatic N) is 2. The van der Waals surface area contributed by atoms with E-state index in [9.17, 15) is 9.59 Å². The van der Waals surface area contributed by atoms with Crippen molar-refractivity contribution in [1.82, 2.24) is 9.55 Å². The molecule has 0 aliphatic carbocycles. The van der Waals surface area contributed by atoms with Gasteiger partial charge in [-0.2, -0.15) is 0 Å². The molecule has 30 heavy (non-hydrogen) atoms. The second-order valence-electron chi connectivity index (χ2n) is 7.26. The lowest BCUT2D eigenvalue weighted by atomic mass is 9.97. The van der Waals surface area contributed by atoms with Crippen molar-refractivity contribution in [2.24, 2.45) is 0 Å². The van der Waals surface area contributed by atoms with Crippen LogP contribution in [-0.4, -0.2) is 20.7 Å². The maximum atomic E-state index is 12.9. The summed E-state index contributed by atoms with van der Waals surface area (Å²) in [5, 5.41) is 3.69. The summed E-state index contributed by atoms with van der Waals surface area (Å²) in [6.07, 6.45) is 2.65. The van der Waals surface area contributed by atoms with Crippen LogP contribution in [0.5, 0.6) is 0 Å². The molecular formula is C24H27N3O2S. The zero-order valence-corrected chi connectivity index (χ0v) is 18.4. The Balaban J connectivity index is 1.87. The zero-order chi connectivity index (χ0) is 21.7. The van der Waals surface area contributed by atoms with Gasteiger partial charge in [0, 0.05) is 12.2 Å². The van der Waals surface area contributed by atoms with Gasteiger partial charge in [0.25, 0.3) is 5.56 Å². The molecule has 0 radical (unpaired) electrons. The van der Waals surface area contributed by atoms with E-state index in [2.05, 4.69) is 30.7 Å². The van der Waals surface area contributed by atoms with Crippen molar-refractivity contribution in [3.8, 4) is 0 Å². The molecule has 3 rings (SSSR count). The lowest BCUT2D eigenvalue weighted by Crippen LogP contribution is -2.27. The quantitative estimate of drug-likeness (QED) is 0.308. The number of anilines is 1. The molecule has 6 heteroatoms. The third-order valence-electron chi connectivity index (χ3n) is 5.15. The number of aromatic nitrogens is 2. The van der Waals surface area contributed by atoms with E-state index in [0.29, 0.717) is 28.5 Å². The maximum Gasteiger partial charge on any atom is 0.262 e. The first-order chi connectivity index (χ1) is 14.5. The number of carbonyl (C=O) groups is 1. The third-order valence-corrected chi connectivity index (χ3v) is 6.24. The molecule has 3 aromatic rings. The van der Waals surface area contributed by atoms with Crippen LogP contribution < -0.4 is 10.9 Å². The van der Waals surface area contributed by atoms with Crippen molar-refractivity contribution in [2.75, 3.05) is 5.32 Å². The monoisotopic (exact) mass is 421 g/mol. The van der Waals surface area contributed by atoms with Gasteiger partial charge in [-0.1, -0.05) is 62.0 Å². The van der Waals surface area contributed by atoms with E-state index in [4.69, 9.17) is 0 Å². The summed E-state index contributed by atoms with van der Waals surface area (Å²) in [5.74, 6) is 0.229. The topological polar surface area (TPSA) is 64.0 Å². The highest BCUT2D eigenvalue weighted by atomic mass is 32.2. The summed E-state index contributed by atoms with van der Waals surface area (Å²) in [6, 6.07) is 15.1. The van der Waals surface area contributed by atoms with Crippen molar-refractivity contribution in [1.29, 1.82) is 0 Å². The van der Waals surface area contributed by atoms with Crippen molar-refractivity contribution in [3.05, 3.63) is 77.1 Å². The Labute approximate surface area is 181 Å². The van der Waals surface area contributed by atoms with E-state index < -0.39 is 5.25 Å². The molecule has 0 spiro atoms. The van der Waals surface area contributed by atoms with Crippen LogP contribution >= 0.6 is 11.8 Å². The molecule has 0 bridgehead atoms. The van der Waals surface area contributed by atoms with Crippen LogP contribution in [0.2, 0.25) is 0 Å². The number of nitrogens with one attached hydrogen (secondary N) is 1. The first-order valence-electron chi connectivity index (χ1n) is 10.1. The van der Waals surface area contributed by atoms with Crippen LogP contribution in [0.1, 0.15) is 38.7 Å². The summed E-state index contributed by atoms with van der Waals surface area (Å²) < 4.78 is 1.57. The van der Waals surface area contributed by atoms with Gasteiger partial charge in [-0.05, 0) is 43.0 Å². The molecule has 0 aliphatic rings. The fourth-order valence-corrected chi connectivity index (χ4v) is 4.15. The molecule has 1 aromatic heterocycles. The zero-order valence-electron chi connectivity index (χ0n) is 17.6. The Morgan fingerprint density at radius 2 is 1.90 bits per heavy atom. The minimum atomic E-state index is -0.431. The fourth-order valence-electron chi connectivity index (χ4n) is 3.23. The predicted molar refractivity (Wildman–Crippen MR) is 125 cm³/mol. The molecule has 0 saturated heterocycles. The Bertz CT molecular complexity index is 1120. The first kappa shape index (κ1) is 21.8. The van der Waals surface area contributed by atoms with Crippen LogP contribution in [0.15, 0.2) is 71.1 Å². The molecule has 5 nitrogen and oxygen atoms in total. The van der Waals surface area contributed by atoms with Crippen molar-refractivity contribution < 1.29 is 4.79 Å². The highest BCUT2D eigenvalue weighted by molar-refractivity contribution is 8.00. The van der Waals surface area contributed by atoms with Crippen LogP contribution in [0.3, 0.4) is 0 Å². The van der Waals surface area contributed by atoms with Crippen LogP contribution in [0, 0.1) is 0 Å². The Morgan fingerprint density at radius 3 is 2.63 bits per heavy atom. The lowest BCUT2D eigenvalue weighted by molar-refractivity contribution is -0.115. The standard InChI is InChI=1S/C24H27N3O2S/c1-5-15-27-23(29)19-12-8-10-14-21(19)26-24(27)30-17(4)22(28)25-20-13-9-7-11-18(20)16(3)6-2/h5,7-14,16-17H,1,6,15H2,2-4H3,(H,25,28)/t16-,17+/m0/s1. The molecular weight excluding hydrogens is 394 g/mol. The van der Waals surface area contributed by atoms with Gasteiger partial charge in [-0.3, -0.25) is 14.2 Å². The van der Waals surface area contributed by atoms with E-state index in [0.717, 1.165) is 17.7 Å². The Morgan fingerprint density at radius 1 is 1.20 bits per heavy atom. The Hall–Kier alpha value is -2.86. The summed E-state index contributed by atoms with van der Waals surface area (Å²) in [7, 11) is 0. The third kappa shape index (κ3) is 4.65. The largest absolute Gasteiger partial charge is 0.325 e. The molecule has 156 valence electrons. The number of carbonyl (C=O) groups excluding carboxylic acids is 1. The minimum Gasteiger partial charge on any atom is -0.325 e. The van der Waals surface area contributed by atoms with Crippen LogP contribution in [0.25, 0.3) is 10.9 Å². The van der Waals surface area contributed by atoms with Crippen molar-refractivity contribution in [2.45, 2.75) is 50.1 Å². The highest BCUT2D eigenvalue weighted by Gasteiger charge is 2.20. The van der Waals surface area contributed by atoms with E-state index in [1.807, 2.05) is 49.4 Å². The molecule has 0 saturated carbocycles. The normalized spacial score (nSPS) is 13.0. The molecule has 1 N–H and O–H groups in total. The fraction of sp³-hybridized carbons (Fsp3) is 0.292. The second-order valence-corrected chi connectivity index (χ2v) is 8.57. The van der Waals surface area contributed by atoms with Gasteiger partial charge >= 0.3 is 0 Å². The number of benzene rings is 2. The SMILES string of the molecule is C=CCn1c(S[C@H](C)C(=O)Nc2ccccc2[C@@H](C)CC)nc2ccccc2c1=O. The van der Waals surface area contributed by atoms with Gasteiger partial charge < -0.3 is 5.32 Å². The average molecular weight is 422 g/mol. The number of hydrogen-bond donors (Lipinski definition) is 1. The number of amides is 1. The van der Waals surface area contributed by atoms with E-state index in [-0.39, 0.29) is 11.5 Å². The second kappa shape index (κ2) is 9.76. The number of rotatable bonds is 8. The summed E-state index contributed by atoms with van der Waals surface area (Å²) >= 11 is 1.28. The first-order valence-corrected chi connectivity index (χ1v) is 11.0. The smallest absolute Gasteiger partial charge is 0.262 e. The summed E-state index contributed by atoms with van der Waals surface area (Å²) in [5.41, 5.74) is 2.45. The van der Waals surface area contributed by atoms with Gasteiger partial charge in [-0.25, -0.2) is 4.98 Å². The molecule has 0 unspecified atom stereocenters.